The molecular weight excluding hydrogens is 326 g/mol. The molecule has 0 bridgehead atoms. The molecule has 20 heavy (non-hydrogen) atoms. The van der Waals surface area contributed by atoms with Gasteiger partial charge in [0.2, 0.25) is 0 Å². The molecule has 2 rings (SSSR count). The van der Waals surface area contributed by atoms with Crippen LogP contribution in [0.4, 0.5) is 8.78 Å². The molecule has 1 N–H and O–H groups in total. The highest BCUT2D eigenvalue weighted by Gasteiger charge is 2.23. The molecule has 2 aromatic carbocycles. The third kappa shape index (κ3) is 3.87. The Labute approximate surface area is 125 Å². The second kappa shape index (κ2) is 6.02. The Morgan fingerprint density at radius 1 is 1.05 bits per heavy atom. The first-order valence-corrected chi connectivity index (χ1v) is 7.06. The second-order valence-corrected chi connectivity index (χ2v) is 5.98. The fourth-order valence-corrected chi connectivity index (χ4v) is 2.60. The van der Waals surface area contributed by atoms with E-state index in [1.54, 1.807) is 31.2 Å². The molecule has 0 radical (unpaired) electrons. The van der Waals surface area contributed by atoms with Crippen molar-refractivity contribution < 1.29 is 13.9 Å². The van der Waals surface area contributed by atoms with Crippen molar-refractivity contribution in [2.75, 3.05) is 0 Å². The van der Waals surface area contributed by atoms with Crippen LogP contribution in [0.15, 0.2) is 46.9 Å². The molecule has 0 saturated carbocycles. The van der Waals surface area contributed by atoms with E-state index in [-0.39, 0.29) is 11.6 Å². The Morgan fingerprint density at radius 2 is 1.70 bits per heavy atom. The van der Waals surface area contributed by atoms with Gasteiger partial charge in [-0.25, -0.2) is 8.78 Å². The number of aliphatic hydroxyl groups is 1. The van der Waals surface area contributed by atoms with Crippen LogP contribution in [0.1, 0.15) is 18.1 Å². The van der Waals surface area contributed by atoms with Gasteiger partial charge in [0.15, 0.2) is 0 Å². The van der Waals surface area contributed by atoms with E-state index in [2.05, 4.69) is 15.9 Å². The van der Waals surface area contributed by atoms with Crippen molar-refractivity contribution in [1.29, 1.82) is 0 Å². The summed E-state index contributed by atoms with van der Waals surface area (Å²) in [6.07, 6.45) is 0.680. The van der Waals surface area contributed by atoms with Crippen LogP contribution in [-0.4, -0.2) is 10.7 Å². The molecule has 2 aromatic rings. The van der Waals surface area contributed by atoms with E-state index in [1.807, 2.05) is 0 Å². The standard InChI is InChI=1S/C16H15BrF2O/c1-16(20,9-11-5-7-13(18)8-6-11)10-12-3-2-4-14(19)15(12)17/h2-8,20H,9-10H2,1H3. The Morgan fingerprint density at radius 3 is 2.35 bits per heavy atom. The van der Waals surface area contributed by atoms with E-state index in [9.17, 15) is 13.9 Å². The summed E-state index contributed by atoms with van der Waals surface area (Å²) in [5.74, 6) is -0.652. The van der Waals surface area contributed by atoms with Gasteiger partial charge < -0.3 is 5.11 Å². The van der Waals surface area contributed by atoms with E-state index >= 15 is 0 Å². The van der Waals surface area contributed by atoms with Gasteiger partial charge in [-0.15, -0.1) is 0 Å². The first-order valence-electron chi connectivity index (χ1n) is 6.27. The van der Waals surface area contributed by atoms with Gasteiger partial charge in [-0.3, -0.25) is 0 Å². The van der Waals surface area contributed by atoms with Crippen LogP contribution in [0.25, 0.3) is 0 Å². The Balaban J connectivity index is 2.14. The number of halogens is 3. The first-order chi connectivity index (χ1) is 9.37. The number of rotatable bonds is 4. The van der Waals surface area contributed by atoms with Crippen LogP contribution in [0.2, 0.25) is 0 Å². The zero-order valence-electron chi connectivity index (χ0n) is 11.0. The van der Waals surface area contributed by atoms with Crippen molar-refractivity contribution in [3.05, 3.63) is 69.7 Å². The highest BCUT2D eigenvalue weighted by Crippen LogP contribution is 2.26. The molecule has 4 heteroatoms. The largest absolute Gasteiger partial charge is 0.389 e. The zero-order valence-corrected chi connectivity index (χ0v) is 12.6. The molecule has 0 heterocycles. The highest BCUT2D eigenvalue weighted by molar-refractivity contribution is 9.10. The van der Waals surface area contributed by atoms with Gasteiger partial charge in [-0.2, -0.15) is 0 Å². The minimum Gasteiger partial charge on any atom is -0.389 e. The monoisotopic (exact) mass is 340 g/mol. The van der Waals surface area contributed by atoms with Crippen molar-refractivity contribution in [2.24, 2.45) is 0 Å². The predicted molar refractivity (Wildman–Crippen MR) is 78.5 cm³/mol. The summed E-state index contributed by atoms with van der Waals surface area (Å²) in [7, 11) is 0. The summed E-state index contributed by atoms with van der Waals surface area (Å²) >= 11 is 3.19. The topological polar surface area (TPSA) is 20.2 Å². The van der Waals surface area contributed by atoms with Crippen LogP contribution in [0, 0.1) is 11.6 Å². The summed E-state index contributed by atoms with van der Waals surface area (Å²) in [6, 6.07) is 10.8. The average molecular weight is 341 g/mol. The van der Waals surface area contributed by atoms with Gasteiger partial charge in [0.1, 0.15) is 11.6 Å². The van der Waals surface area contributed by atoms with Crippen molar-refractivity contribution in [3.63, 3.8) is 0 Å². The van der Waals surface area contributed by atoms with Crippen molar-refractivity contribution in [2.45, 2.75) is 25.4 Å². The minimum absolute atomic E-state index is 0.304. The maximum Gasteiger partial charge on any atom is 0.137 e. The highest BCUT2D eigenvalue weighted by atomic mass is 79.9. The van der Waals surface area contributed by atoms with E-state index in [4.69, 9.17) is 0 Å². The summed E-state index contributed by atoms with van der Waals surface area (Å²) in [4.78, 5) is 0. The predicted octanol–water partition coefficient (Wildman–Crippen LogP) is 4.26. The lowest BCUT2D eigenvalue weighted by Crippen LogP contribution is -2.30. The fraction of sp³-hybridized carbons (Fsp3) is 0.250. The maximum absolute atomic E-state index is 13.5. The molecule has 0 aromatic heterocycles. The first kappa shape index (κ1) is 15.1. The molecule has 0 aliphatic heterocycles. The number of hydrogen-bond donors (Lipinski definition) is 1. The minimum atomic E-state index is -1.03. The molecule has 106 valence electrons. The Hall–Kier alpha value is -1.26. The van der Waals surface area contributed by atoms with Crippen LogP contribution < -0.4 is 0 Å². The zero-order chi connectivity index (χ0) is 14.8. The molecule has 0 amide bonds. The maximum atomic E-state index is 13.5. The molecule has 0 fully saturated rings. The van der Waals surface area contributed by atoms with Crippen LogP contribution in [0.3, 0.4) is 0 Å². The molecule has 0 spiro atoms. The fourth-order valence-electron chi connectivity index (χ4n) is 2.20. The lowest BCUT2D eigenvalue weighted by atomic mass is 9.90. The quantitative estimate of drug-likeness (QED) is 0.881. The van der Waals surface area contributed by atoms with E-state index in [0.717, 1.165) is 5.56 Å². The normalized spacial score (nSPS) is 14.1. The summed E-state index contributed by atoms with van der Waals surface area (Å²) in [5, 5.41) is 10.5. The van der Waals surface area contributed by atoms with E-state index < -0.39 is 5.60 Å². The van der Waals surface area contributed by atoms with Gasteiger partial charge in [-0.05, 0) is 52.2 Å². The van der Waals surface area contributed by atoms with Crippen LogP contribution >= 0.6 is 15.9 Å². The second-order valence-electron chi connectivity index (χ2n) is 5.19. The Bertz CT molecular complexity index is 594. The van der Waals surface area contributed by atoms with Gasteiger partial charge >= 0.3 is 0 Å². The number of hydrogen-bond acceptors (Lipinski definition) is 1. The summed E-state index contributed by atoms with van der Waals surface area (Å²) in [5.41, 5.74) is 0.509. The third-order valence-corrected chi connectivity index (χ3v) is 3.99. The van der Waals surface area contributed by atoms with Crippen LogP contribution in [-0.2, 0) is 12.8 Å². The van der Waals surface area contributed by atoms with Crippen molar-refractivity contribution in [3.8, 4) is 0 Å². The lowest BCUT2D eigenvalue weighted by Gasteiger charge is -2.24. The SMILES string of the molecule is CC(O)(Cc1ccc(F)cc1)Cc1cccc(F)c1Br. The lowest BCUT2D eigenvalue weighted by molar-refractivity contribution is 0.0606. The molecule has 1 nitrogen and oxygen atoms in total. The Kier molecular flexibility index (Phi) is 4.55. The van der Waals surface area contributed by atoms with Gasteiger partial charge in [0.05, 0.1) is 10.1 Å². The van der Waals surface area contributed by atoms with Gasteiger partial charge in [0.25, 0.3) is 0 Å². The molecule has 1 unspecified atom stereocenters. The average Bonchev–Trinajstić information content (AvgIpc) is 2.37. The smallest absolute Gasteiger partial charge is 0.137 e. The van der Waals surface area contributed by atoms with E-state index in [1.165, 1.54) is 18.2 Å². The molecular formula is C16H15BrF2O. The van der Waals surface area contributed by atoms with Crippen molar-refractivity contribution >= 4 is 15.9 Å². The summed E-state index contributed by atoms with van der Waals surface area (Å²) in [6.45, 7) is 1.69. The third-order valence-electron chi connectivity index (χ3n) is 3.10. The van der Waals surface area contributed by atoms with E-state index in [0.29, 0.717) is 22.9 Å². The van der Waals surface area contributed by atoms with Crippen LogP contribution in [0.5, 0.6) is 0 Å². The van der Waals surface area contributed by atoms with Crippen molar-refractivity contribution in [1.82, 2.24) is 0 Å². The molecule has 1 atom stereocenters. The molecule has 0 aliphatic rings. The van der Waals surface area contributed by atoms with Gasteiger partial charge in [-0.1, -0.05) is 24.3 Å². The summed E-state index contributed by atoms with van der Waals surface area (Å²) < 4.78 is 26.7. The molecule has 0 saturated heterocycles. The number of benzene rings is 2. The van der Waals surface area contributed by atoms with Gasteiger partial charge in [0, 0.05) is 12.8 Å². The molecule has 0 aliphatic carbocycles.